The summed E-state index contributed by atoms with van der Waals surface area (Å²) in [6.07, 6.45) is -7.54. The Hall–Kier alpha value is -2.54. The van der Waals surface area contributed by atoms with Gasteiger partial charge < -0.3 is 45.5 Å². The number of nitrogens with two attached hydrogens (primary N) is 1. The minimum Gasteiger partial charge on any atom is -0.396 e. The Balaban J connectivity index is 1.60. The third-order valence-electron chi connectivity index (χ3n) is 6.42. The molecule has 0 bridgehead atoms. The van der Waals surface area contributed by atoms with E-state index in [0.717, 1.165) is 23.3 Å². The van der Waals surface area contributed by atoms with Crippen LogP contribution < -0.4 is 17.0 Å². The van der Waals surface area contributed by atoms with Gasteiger partial charge in [-0.25, -0.2) is 4.79 Å². The zero-order valence-corrected chi connectivity index (χ0v) is 19.8. The molecular formula is C21H32N6O10. The van der Waals surface area contributed by atoms with Crippen molar-refractivity contribution in [2.75, 3.05) is 13.2 Å². The van der Waals surface area contributed by atoms with Gasteiger partial charge in [0, 0.05) is 32.0 Å². The van der Waals surface area contributed by atoms with Gasteiger partial charge in [0.2, 0.25) is 0 Å². The summed E-state index contributed by atoms with van der Waals surface area (Å²) in [6, 6.07) is 1.06. The molecule has 2 aliphatic rings. The highest BCUT2D eigenvalue weighted by atomic mass is 16.7. The molecule has 2 fully saturated rings. The molecule has 0 aromatic carbocycles. The largest absolute Gasteiger partial charge is 0.396 e. The lowest BCUT2D eigenvalue weighted by Crippen LogP contribution is -2.40. The van der Waals surface area contributed by atoms with Crippen LogP contribution in [0, 0.1) is 0 Å². The molecule has 4 rings (SSSR count). The van der Waals surface area contributed by atoms with Crippen molar-refractivity contribution >= 4 is 0 Å². The number of rotatable bonds is 11. The Morgan fingerprint density at radius 2 is 1.86 bits per heavy atom. The van der Waals surface area contributed by atoms with Crippen molar-refractivity contribution < 1.29 is 39.7 Å². The van der Waals surface area contributed by atoms with Crippen molar-refractivity contribution in [2.45, 2.75) is 81.1 Å². The fourth-order valence-electron chi connectivity index (χ4n) is 4.39. The number of hydrogen-bond donors (Lipinski definition) is 7. The maximum atomic E-state index is 12.3. The lowest BCUT2D eigenvalue weighted by atomic mass is 10.0. The van der Waals surface area contributed by atoms with Gasteiger partial charge >= 0.3 is 5.69 Å². The summed E-state index contributed by atoms with van der Waals surface area (Å²) < 4.78 is 19.7. The van der Waals surface area contributed by atoms with Crippen LogP contribution in [0.5, 0.6) is 0 Å². The Morgan fingerprint density at radius 1 is 1.08 bits per heavy atom. The second-order valence-corrected chi connectivity index (χ2v) is 9.00. The number of nitrogens with zero attached hydrogens (tertiary/aromatic N) is 4. The number of unbranched alkanes of at least 4 members (excludes halogenated alkanes) is 2. The van der Waals surface area contributed by atoms with Crippen LogP contribution in [-0.4, -0.2) is 106 Å². The van der Waals surface area contributed by atoms with E-state index >= 15 is 0 Å². The van der Waals surface area contributed by atoms with E-state index in [1.165, 1.54) is 10.9 Å². The van der Waals surface area contributed by atoms with Crippen molar-refractivity contribution in [3.8, 4) is 0 Å². The standard InChI is InChI=1S/C21H32N6O10/c22-8-11-13(30)16(33)20(35-11)37-17(10-9-26(25-24-10)5-2-1-3-7-28)18-14(31)15(32)19(36-18)27-6-4-12(29)23-21(27)34/h4,6,9,11,13-20,28,30-33H,1-3,5,7-8,22H2,(H,23,29,34)/t11-,13-,14+,15-,16-,17+,18+,19-,20+/m1/s1. The number of aliphatic hydroxyl groups is 5. The first-order valence-electron chi connectivity index (χ1n) is 12.0. The zero-order valence-electron chi connectivity index (χ0n) is 19.8. The van der Waals surface area contributed by atoms with E-state index in [0.29, 0.717) is 19.4 Å². The number of hydrogen-bond acceptors (Lipinski definition) is 13. The van der Waals surface area contributed by atoms with E-state index in [1.807, 2.05) is 0 Å². The molecule has 9 atom stereocenters. The summed E-state index contributed by atoms with van der Waals surface area (Å²) in [6.45, 7) is 0.463. The number of aryl methyl sites for hydroxylation is 1. The minimum atomic E-state index is -1.61. The van der Waals surface area contributed by atoms with Crippen LogP contribution in [0.2, 0.25) is 0 Å². The van der Waals surface area contributed by atoms with Crippen molar-refractivity contribution in [3.63, 3.8) is 0 Å². The summed E-state index contributed by atoms with van der Waals surface area (Å²) in [5.74, 6) is 0. The monoisotopic (exact) mass is 528 g/mol. The van der Waals surface area contributed by atoms with Crippen LogP contribution in [0.15, 0.2) is 28.0 Å². The fourth-order valence-corrected chi connectivity index (χ4v) is 4.39. The fraction of sp³-hybridized carbons (Fsp3) is 0.714. The number of ether oxygens (including phenoxy) is 3. The van der Waals surface area contributed by atoms with E-state index in [-0.39, 0.29) is 18.8 Å². The maximum absolute atomic E-state index is 12.3. The van der Waals surface area contributed by atoms with Crippen LogP contribution in [-0.2, 0) is 20.8 Å². The molecule has 16 nitrogen and oxygen atoms in total. The predicted octanol–water partition coefficient (Wildman–Crippen LogP) is -3.93. The van der Waals surface area contributed by atoms with E-state index in [2.05, 4.69) is 15.3 Å². The van der Waals surface area contributed by atoms with Crippen LogP contribution in [0.25, 0.3) is 0 Å². The quantitative estimate of drug-likeness (QED) is 0.138. The number of H-pyrrole nitrogens is 1. The summed E-state index contributed by atoms with van der Waals surface area (Å²) in [7, 11) is 0. The highest BCUT2D eigenvalue weighted by Gasteiger charge is 2.52. The molecular weight excluding hydrogens is 496 g/mol. The average Bonchev–Trinajstić information content (AvgIpc) is 3.54. The molecule has 0 saturated carbocycles. The van der Waals surface area contributed by atoms with Gasteiger partial charge in [-0.3, -0.25) is 19.0 Å². The maximum Gasteiger partial charge on any atom is 0.330 e. The third-order valence-corrected chi connectivity index (χ3v) is 6.42. The molecule has 2 aromatic rings. The molecule has 2 saturated heterocycles. The normalized spacial score (nSPS) is 32.7. The molecule has 206 valence electrons. The molecule has 37 heavy (non-hydrogen) atoms. The van der Waals surface area contributed by atoms with Gasteiger partial charge in [-0.15, -0.1) is 5.10 Å². The molecule has 2 aliphatic heterocycles. The van der Waals surface area contributed by atoms with Gasteiger partial charge in [-0.05, 0) is 19.3 Å². The number of nitrogens with one attached hydrogen (secondary N) is 1. The van der Waals surface area contributed by atoms with Crippen molar-refractivity contribution in [1.29, 1.82) is 0 Å². The molecule has 0 spiro atoms. The minimum absolute atomic E-state index is 0.0800. The lowest BCUT2D eigenvalue weighted by molar-refractivity contribution is -0.224. The predicted molar refractivity (Wildman–Crippen MR) is 122 cm³/mol. The van der Waals surface area contributed by atoms with Crippen molar-refractivity contribution in [3.05, 3.63) is 45.0 Å². The van der Waals surface area contributed by atoms with Crippen LogP contribution in [0.1, 0.15) is 37.3 Å². The number of aliphatic hydroxyl groups excluding tert-OH is 5. The van der Waals surface area contributed by atoms with Gasteiger partial charge in [0.15, 0.2) is 12.5 Å². The van der Waals surface area contributed by atoms with Gasteiger partial charge in [-0.2, -0.15) is 0 Å². The third kappa shape index (κ3) is 5.82. The molecule has 0 aliphatic carbocycles. The van der Waals surface area contributed by atoms with Crippen molar-refractivity contribution in [1.82, 2.24) is 24.5 Å². The number of aromatic nitrogens is 5. The summed E-state index contributed by atoms with van der Waals surface area (Å²) >= 11 is 0. The highest BCUT2D eigenvalue weighted by Crippen LogP contribution is 2.38. The van der Waals surface area contributed by atoms with Crippen molar-refractivity contribution in [2.24, 2.45) is 5.73 Å². The average molecular weight is 529 g/mol. The Labute approximate surface area is 209 Å². The summed E-state index contributed by atoms with van der Waals surface area (Å²) in [5.41, 5.74) is 4.23. The Kier molecular flexibility index (Phi) is 8.83. The highest BCUT2D eigenvalue weighted by molar-refractivity contribution is 5.07. The first-order valence-corrected chi connectivity index (χ1v) is 12.0. The van der Waals surface area contributed by atoms with Gasteiger partial charge in [0.1, 0.15) is 48.4 Å². The lowest BCUT2D eigenvalue weighted by Gasteiger charge is -2.28. The van der Waals surface area contributed by atoms with E-state index in [9.17, 15) is 30.0 Å². The molecule has 0 unspecified atom stereocenters. The summed E-state index contributed by atoms with van der Waals surface area (Å²) in [4.78, 5) is 25.8. The van der Waals surface area contributed by atoms with E-state index in [4.69, 9.17) is 25.1 Å². The second-order valence-electron chi connectivity index (χ2n) is 9.00. The molecule has 0 amide bonds. The van der Waals surface area contributed by atoms with Crippen LogP contribution in [0.4, 0.5) is 0 Å². The molecule has 4 heterocycles. The number of aromatic amines is 1. The topological polar surface area (TPSA) is 240 Å². The van der Waals surface area contributed by atoms with E-state index < -0.39 is 66.5 Å². The molecule has 0 radical (unpaired) electrons. The van der Waals surface area contributed by atoms with Gasteiger partial charge in [0.25, 0.3) is 5.56 Å². The molecule has 16 heteroatoms. The SMILES string of the molecule is NC[C@H]1O[C@@H](O[C@@H](c2cn(CCCCCO)nn2)[C@H]2O[C@@H](n3ccc(=O)[nH]c3=O)[C@H](O)[C@@H]2O)[C@H](O)[C@@H]1O. The van der Waals surface area contributed by atoms with Gasteiger partial charge in [0.05, 0.1) is 6.20 Å². The molecule has 8 N–H and O–H groups in total. The van der Waals surface area contributed by atoms with E-state index in [1.54, 1.807) is 0 Å². The second kappa shape index (κ2) is 11.9. The summed E-state index contributed by atoms with van der Waals surface area (Å²) in [5, 5.41) is 59.3. The van der Waals surface area contributed by atoms with Crippen LogP contribution in [0.3, 0.4) is 0 Å². The van der Waals surface area contributed by atoms with Gasteiger partial charge in [-0.1, -0.05) is 5.21 Å². The first kappa shape index (κ1) is 27.5. The molecule has 2 aromatic heterocycles. The first-order chi connectivity index (χ1) is 17.7. The zero-order chi connectivity index (χ0) is 26.7. The van der Waals surface area contributed by atoms with Crippen LogP contribution >= 0.6 is 0 Å². The Bertz CT molecular complexity index is 1140. The Morgan fingerprint density at radius 3 is 2.54 bits per heavy atom. The smallest absolute Gasteiger partial charge is 0.330 e.